The molecule has 0 aromatic heterocycles. The summed E-state index contributed by atoms with van der Waals surface area (Å²) in [6, 6.07) is 5.98. The first-order valence-electron chi connectivity index (χ1n) is 4.86. The van der Waals surface area contributed by atoms with Crippen LogP contribution in [0, 0.1) is 10.1 Å². The lowest BCUT2D eigenvalue weighted by molar-refractivity contribution is -0.384. The largest absolute Gasteiger partial charge is 0.272 e. The van der Waals surface area contributed by atoms with Crippen LogP contribution >= 0.6 is 24.0 Å². The summed E-state index contributed by atoms with van der Waals surface area (Å²) >= 11 is 6.19. The summed E-state index contributed by atoms with van der Waals surface area (Å²) in [6.07, 6.45) is 1.38. The summed E-state index contributed by atoms with van der Waals surface area (Å²) in [6.45, 7) is 0. The van der Waals surface area contributed by atoms with Gasteiger partial charge in [0, 0.05) is 17.7 Å². The fraction of sp³-hybridized carbons (Fsp3) is 0.100. The molecular weight excluding hydrogens is 274 g/mol. The molecule has 0 N–H and O–H groups in total. The Morgan fingerprint density at radius 2 is 2.33 bits per heavy atom. The summed E-state index contributed by atoms with van der Waals surface area (Å²) in [5.41, 5.74) is 0.514. The number of nitro benzene ring substituents is 1. The Hall–Kier alpha value is -1.80. The minimum absolute atomic E-state index is 0.0244. The standard InChI is InChI=1S/C10H7N3O3S2/c14-9-6-18-10(17)12(9)11-5-7-2-1-3-8(4-7)13(15)16/h1-5H,6H2. The normalized spacial score (nSPS) is 15.7. The third-order valence-electron chi connectivity index (χ3n) is 2.13. The summed E-state index contributed by atoms with van der Waals surface area (Å²) < 4.78 is 0.390. The number of benzene rings is 1. The second kappa shape index (κ2) is 5.23. The minimum atomic E-state index is -0.487. The molecule has 18 heavy (non-hydrogen) atoms. The lowest BCUT2D eigenvalue weighted by Gasteiger charge is -2.05. The number of nitro groups is 1. The zero-order chi connectivity index (χ0) is 13.1. The SMILES string of the molecule is O=C1CSC(=S)N1N=Cc1cccc([N+](=O)[O-])c1. The molecule has 0 atom stereocenters. The van der Waals surface area contributed by atoms with Crippen molar-refractivity contribution in [1.82, 2.24) is 5.01 Å². The number of carbonyl (C=O) groups excluding carboxylic acids is 1. The Morgan fingerprint density at radius 3 is 2.94 bits per heavy atom. The van der Waals surface area contributed by atoms with E-state index in [1.165, 1.54) is 30.1 Å². The predicted octanol–water partition coefficient (Wildman–Crippen LogP) is 1.79. The van der Waals surface area contributed by atoms with Crippen LogP contribution in [0.15, 0.2) is 29.4 Å². The predicted molar refractivity (Wildman–Crippen MR) is 72.6 cm³/mol. The molecule has 1 aromatic rings. The quantitative estimate of drug-likeness (QED) is 0.365. The molecule has 1 aliphatic rings. The van der Waals surface area contributed by atoms with E-state index in [1.54, 1.807) is 12.1 Å². The van der Waals surface area contributed by atoms with Gasteiger partial charge in [-0.05, 0) is 0 Å². The van der Waals surface area contributed by atoms with Gasteiger partial charge in [0.25, 0.3) is 11.6 Å². The molecule has 0 bridgehead atoms. The van der Waals surface area contributed by atoms with Crippen molar-refractivity contribution in [3.8, 4) is 0 Å². The Kier molecular flexibility index (Phi) is 3.68. The average molecular weight is 281 g/mol. The van der Waals surface area contributed by atoms with Gasteiger partial charge in [0.15, 0.2) is 4.32 Å². The average Bonchev–Trinajstić information content (AvgIpc) is 2.67. The molecule has 6 nitrogen and oxygen atoms in total. The number of hydrazone groups is 1. The van der Waals surface area contributed by atoms with Gasteiger partial charge in [0.2, 0.25) is 0 Å². The van der Waals surface area contributed by atoms with E-state index in [-0.39, 0.29) is 17.3 Å². The highest BCUT2D eigenvalue weighted by molar-refractivity contribution is 8.23. The maximum absolute atomic E-state index is 11.4. The van der Waals surface area contributed by atoms with Crippen LogP contribution in [-0.2, 0) is 4.79 Å². The second-order valence-electron chi connectivity index (χ2n) is 3.36. The molecule has 0 saturated carbocycles. The highest BCUT2D eigenvalue weighted by Crippen LogP contribution is 2.19. The van der Waals surface area contributed by atoms with Crippen LogP contribution in [0.3, 0.4) is 0 Å². The second-order valence-corrected chi connectivity index (χ2v) is 4.97. The van der Waals surface area contributed by atoms with Crippen LogP contribution in [-0.4, -0.2) is 32.1 Å². The lowest BCUT2D eigenvalue weighted by atomic mass is 10.2. The third kappa shape index (κ3) is 2.71. The van der Waals surface area contributed by atoms with E-state index in [4.69, 9.17) is 12.2 Å². The Labute approximate surface area is 112 Å². The Morgan fingerprint density at radius 1 is 1.56 bits per heavy atom. The highest BCUT2D eigenvalue weighted by Gasteiger charge is 2.25. The van der Waals surface area contributed by atoms with Crippen LogP contribution < -0.4 is 0 Å². The van der Waals surface area contributed by atoms with Crippen molar-refractivity contribution in [2.45, 2.75) is 0 Å². The van der Waals surface area contributed by atoms with Crippen molar-refractivity contribution >= 4 is 46.1 Å². The van der Waals surface area contributed by atoms with Crippen LogP contribution in [0.4, 0.5) is 5.69 Å². The fourth-order valence-electron chi connectivity index (χ4n) is 1.30. The smallest absolute Gasteiger partial charge is 0.270 e. The molecule has 1 aromatic carbocycles. The molecule has 1 saturated heterocycles. The molecule has 8 heteroatoms. The molecule has 1 fully saturated rings. The topological polar surface area (TPSA) is 75.8 Å². The highest BCUT2D eigenvalue weighted by atomic mass is 32.2. The number of thiocarbonyl (C=S) groups is 1. The van der Waals surface area contributed by atoms with Gasteiger partial charge in [-0.2, -0.15) is 10.1 Å². The van der Waals surface area contributed by atoms with E-state index >= 15 is 0 Å². The number of rotatable bonds is 3. The molecular formula is C10H7N3O3S2. The monoisotopic (exact) mass is 281 g/mol. The Balaban J connectivity index is 2.18. The van der Waals surface area contributed by atoms with Gasteiger partial charge in [-0.1, -0.05) is 36.1 Å². The van der Waals surface area contributed by atoms with Gasteiger partial charge in [-0.3, -0.25) is 14.9 Å². The zero-order valence-electron chi connectivity index (χ0n) is 8.98. The lowest BCUT2D eigenvalue weighted by Crippen LogP contribution is -2.22. The van der Waals surface area contributed by atoms with E-state index in [0.29, 0.717) is 9.88 Å². The number of hydrogen-bond donors (Lipinski definition) is 0. The molecule has 0 spiro atoms. The summed E-state index contributed by atoms with van der Waals surface area (Å²) in [5, 5.41) is 15.6. The molecule has 1 amide bonds. The van der Waals surface area contributed by atoms with Crippen molar-refractivity contribution in [2.75, 3.05) is 5.75 Å². The van der Waals surface area contributed by atoms with Crippen molar-refractivity contribution in [3.05, 3.63) is 39.9 Å². The molecule has 0 unspecified atom stereocenters. The first-order chi connectivity index (χ1) is 8.58. The first kappa shape index (κ1) is 12.7. The fourth-order valence-corrected chi connectivity index (χ4v) is 2.27. The van der Waals surface area contributed by atoms with E-state index < -0.39 is 4.92 Å². The zero-order valence-corrected chi connectivity index (χ0v) is 10.6. The van der Waals surface area contributed by atoms with Crippen molar-refractivity contribution in [2.24, 2.45) is 5.10 Å². The van der Waals surface area contributed by atoms with Crippen molar-refractivity contribution in [3.63, 3.8) is 0 Å². The van der Waals surface area contributed by atoms with E-state index in [0.717, 1.165) is 5.01 Å². The van der Waals surface area contributed by atoms with Gasteiger partial charge < -0.3 is 0 Å². The van der Waals surface area contributed by atoms with Crippen LogP contribution in [0.5, 0.6) is 0 Å². The molecule has 2 rings (SSSR count). The summed E-state index contributed by atoms with van der Waals surface area (Å²) in [5.74, 6) is 0.0946. The number of non-ortho nitro benzene ring substituents is 1. The molecule has 0 radical (unpaired) electrons. The van der Waals surface area contributed by atoms with Gasteiger partial charge in [-0.25, -0.2) is 0 Å². The third-order valence-corrected chi connectivity index (χ3v) is 3.47. The van der Waals surface area contributed by atoms with Crippen molar-refractivity contribution < 1.29 is 9.72 Å². The van der Waals surface area contributed by atoms with Crippen LogP contribution in [0.2, 0.25) is 0 Å². The first-order valence-corrected chi connectivity index (χ1v) is 6.25. The van der Waals surface area contributed by atoms with Crippen LogP contribution in [0.1, 0.15) is 5.56 Å². The maximum atomic E-state index is 11.4. The van der Waals surface area contributed by atoms with Gasteiger partial charge in [0.1, 0.15) is 0 Å². The van der Waals surface area contributed by atoms with Crippen LogP contribution in [0.25, 0.3) is 0 Å². The van der Waals surface area contributed by atoms with E-state index in [2.05, 4.69) is 5.10 Å². The van der Waals surface area contributed by atoms with Crippen molar-refractivity contribution in [1.29, 1.82) is 0 Å². The van der Waals surface area contributed by atoms with E-state index in [1.807, 2.05) is 0 Å². The maximum Gasteiger partial charge on any atom is 0.270 e. The van der Waals surface area contributed by atoms with E-state index in [9.17, 15) is 14.9 Å². The number of carbonyl (C=O) groups is 1. The van der Waals surface area contributed by atoms with Gasteiger partial charge >= 0.3 is 0 Å². The molecule has 1 heterocycles. The summed E-state index contributed by atoms with van der Waals surface area (Å²) in [7, 11) is 0. The molecule has 0 aliphatic carbocycles. The minimum Gasteiger partial charge on any atom is -0.272 e. The number of nitrogens with zero attached hydrogens (tertiary/aromatic N) is 3. The Bertz CT molecular complexity index is 543. The molecule has 92 valence electrons. The number of hydrogen-bond acceptors (Lipinski definition) is 6. The van der Waals surface area contributed by atoms with Gasteiger partial charge in [0.05, 0.1) is 16.9 Å². The number of amides is 1. The van der Waals surface area contributed by atoms with Gasteiger partial charge in [-0.15, -0.1) is 0 Å². The number of thioether (sulfide) groups is 1. The molecule has 1 aliphatic heterocycles. The summed E-state index contributed by atoms with van der Waals surface area (Å²) in [4.78, 5) is 21.5.